The maximum absolute atomic E-state index is 11.8. The number of esters is 1. The molecular weight excluding hydrogens is 224 g/mol. The molecule has 5 heteroatoms. The molecule has 5 nitrogen and oxygen atoms in total. The highest BCUT2D eigenvalue weighted by Crippen LogP contribution is 2.35. The molecule has 1 aliphatic carbocycles. The summed E-state index contributed by atoms with van der Waals surface area (Å²) in [6.07, 6.45) is 2.41. The van der Waals surface area contributed by atoms with Gasteiger partial charge in [-0.25, -0.2) is 0 Å². The fraction of sp³-hybridized carbons (Fsp3) is 0.833. The summed E-state index contributed by atoms with van der Waals surface area (Å²) >= 11 is 0. The van der Waals surface area contributed by atoms with Gasteiger partial charge in [-0.3, -0.25) is 9.59 Å². The molecule has 0 spiro atoms. The Morgan fingerprint density at radius 3 is 2.71 bits per heavy atom. The van der Waals surface area contributed by atoms with E-state index in [0.29, 0.717) is 13.0 Å². The molecule has 1 heterocycles. The minimum Gasteiger partial charge on any atom is -0.481 e. The van der Waals surface area contributed by atoms with Crippen LogP contribution in [0.4, 0.5) is 0 Å². The van der Waals surface area contributed by atoms with Crippen molar-refractivity contribution in [2.24, 2.45) is 17.8 Å². The van der Waals surface area contributed by atoms with Crippen LogP contribution in [0.2, 0.25) is 0 Å². The fourth-order valence-corrected chi connectivity index (χ4v) is 2.54. The number of carboxylic acid groups (broad SMARTS) is 1. The second-order valence-electron chi connectivity index (χ2n) is 4.96. The van der Waals surface area contributed by atoms with Gasteiger partial charge < -0.3 is 14.6 Å². The maximum atomic E-state index is 11.8. The highest BCUT2D eigenvalue weighted by atomic mass is 16.6. The predicted octanol–water partition coefficient (Wildman–Crippen LogP) is 1.07. The number of ether oxygens (including phenoxy) is 2. The number of carbonyl (C=O) groups is 2. The molecule has 1 saturated carbocycles. The third-order valence-electron chi connectivity index (χ3n) is 3.62. The average Bonchev–Trinajstić information content (AvgIpc) is 3.08. The van der Waals surface area contributed by atoms with E-state index >= 15 is 0 Å². The molecular formula is C12H18O5. The molecule has 0 amide bonds. The molecule has 96 valence electrons. The molecule has 2 rings (SSSR count). The molecule has 4 atom stereocenters. The van der Waals surface area contributed by atoms with Crippen LogP contribution in [0.25, 0.3) is 0 Å². The SMILES string of the molecule is CC1CCCC(C(=O)OCC2CO2)C1C(=O)O. The van der Waals surface area contributed by atoms with E-state index in [1.807, 2.05) is 6.92 Å². The lowest BCUT2D eigenvalue weighted by Crippen LogP contribution is -2.38. The Kier molecular flexibility index (Phi) is 3.66. The zero-order chi connectivity index (χ0) is 12.4. The summed E-state index contributed by atoms with van der Waals surface area (Å²) in [6.45, 7) is 2.79. The summed E-state index contributed by atoms with van der Waals surface area (Å²) in [5, 5.41) is 9.19. The number of epoxide rings is 1. The van der Waals surface area contributed by atoms with Crippen molar-refractivity contribution in [1.29, 1.82) is 0 Å². The second-order valence-corrected chi connectivity index (χ2v) is 4.96. The first kappa shape index (κ1) is 12.4. The number of aliphatic carboxylic acids is 1. The maximum Gasteiger partial charge on any atom is 0.309 e. The lowest BCUT2D eigenvalue weighted by Gasteiger charge is -2.31. The van der Waals surface area contributed by atoms with E-state index < -0.39 is 17.8 Å². The Morgan fingerprint density at radius 1 is 1.41 bits per heavy atom. The van der Waals surface area contributed by atoms with E-state index in [2.05, 4.69) is 0 Å². The molecule has 1 saturated heterocycles. The van der Waals surface area contributed by atoms with Crippen LogP contribution in [-0.2, 0) is 19.1 Å². The number of carboxylic acids is 1. The van der Waals surface area contributed by atoms with Crippen LogP contribution in [0.1, 0.15) is 26.2 Å². The summed E-state index contributed by atoms with van der Waals surface area (Å²) in [7, 11) is 0. The molecule has 2 fully saturated rings. The van der Waals surface area contributed by atoms with Crippen molar-refractivity contribution in [3.05, 3.63) is 0 Å². The van der Waals surface area contributed by atoms with Crippen LogP contribution >= 0.6 is 0 Å². The van der Waals surface area contributed by atoms with Gasteiger partial charge in [-0.1, -0.05) is 13.3 Å². The van der Waals surface area contributed by atoms with Crippen LogP contribution in [0.5, 0.6) is 0 Å². The van der Waals surface area contributed by atoms with Gasteiger partial charge in [0.2, 0.25) is 0 Å². The van der Waals surface area contributed by atoms with E-state index in [9.17, 15) is 14.7 Å². The van der Waals surface area contributed by atoms with E-state index in [4.69, 9.17) is 9.47 Å². The molecule has 0 aromatic rings. The van der Waals surface area contributed by atoms with E-state index in [1.165, 1.54) is 0 Å². The van der Waals surface area contributed by atoms with Gasteiger partial charge in [-0.2, -0.15) is 0 Å². The van der Waals surface area contributed by atoms with E-state index in [0.717, 1.165) is 12.8 Å². The largest absolute Gasteiger partial charge is 0.481 e. The molecule has 0 aromatic carbocycles. The minimum atomic E-state index is -0.887. The predicted molar refractivity (Wildman–Crippen MR) is 58.3 cm³/mol. The normalized spacial score (nSPS) is 36.3. The molecule has 1 N–H and O–H groups in total. The third-order valence-corrected chi connectivity index (χ3v) is 3.62. The van der Waals surface area contributed by atoms with Gasteiger partial charge in [0.15, 0.2) is 0 Å². The summed E-state index contributed by atoms with van der Waals surface area (Å²) in [6, 6.07) is 0. The van der Waals surface area contributed by atoms with Crippen molar-refractivity contribution < 1.29 is 24.2 Å². The van der Waals surface area contributed by atoms with Crippen molar-refractivity contribution in [1.82, 2.24) is 0 Å². The topological polar surface area (TPSA) is 76.1 Å². The first-order valence-electron chi connectivity index (χ1n) is 6.10. The Labute approximate surface area is 100 Å². The minimum absolute atomic E-state index is 0.0308. The zero-order valence-corrected chi connectivity index (χ0v) is 9.93. The Hall–Kier alpha value is -1.10. The monoisotopic (exact) mass is 242 g/mol. The smallest absolute Gasteiger partial charge is 0.309 e. The summed E-state index contributed by atoms with van der Waals surface area (Å²) in [4.78, 5) is 23.0. The van der Waals surface area contributed by atoms with Crippen LogP contribution in [0.15, 0.2) is 0 Å². The zero-order valence-electron chi connectivity index (χ0n) is 9.93. The number of carbonyl (C=O) groups excluding carboxylic acids is 1. The Morgan fingerprint density at radius 2 is 2.12 bits per heavy atom. The number of hydrogen-bond donors (Lipinski definition) is 1. The summed E-state index contributed by atoms with van der Waals surface area (Å²) < 4.78 is 10.1. The van der Waals surface area contributed by atoms with Crippen LogP contribution in [0.3, 0.4) is 0 Å². The Balaban J connectivity index is 1.94. The lowest BCUT2D eigenvalue weighted by molar-refractivity contribution is -0.162. The van der Waals surface area contributed by atoms with Gasteiger partial charge in [0.05, 0.1) is 18.4 Å². The van der Waals surface area contributed by atoms with Crippen molar-refractivity contribution >= 4 is 11.9 Å². The van der Waals surface area contributed by atoms with Crippen molar-refractivity contribution in [2.75, 3.05) is 13.2 Å². The molecule has 4 unspecified atom stereocenters. The first-order valence-corrected chi connectivity index (χ1v) is 6.10. The molecule has 0 aromatic heterocycles. The summed E-state index contributed by atoms with van der Waals surface area (Å²) in [5.74, 6) is -2.32. The van der Waals surface area contributed by atoms with Gasteiger partial charge in [0.25, 0.3) is 0 Å². The molecule has 0 radical (unpaired) electrons. The van der Waals surface area contributed by atoms with Gasteiger partial charge in [-0.15, -0.1) is 0 Å². The van der Waals surface area contributed by atoms with Crippen molar-refractivity contribution in [3.8, 4) is 0 Å². The Bertz CT molecular complexity index is 310. The van der Waals surface area contributed by atoms with Crippen LogP contribution < -0.4 is 0 Å². The average molecular weight is 242 g/mol. The van der Waals surface area contributed by atoms with Crippen molar-refractivity contribution in [3.63, 3.8) is 0 Å². The summed E-state index contributed by atoms with van der Waals surface area (Å²) in [5.41, 5.74) is 0. The quantitative estimate of drug-likeness (QED) is 0.589. The van der Waals surface area contributed by atoms with E-state index in [1.54, 1.807) is 0 Å². The molecule has 2 aliphatic rings. The van der Waals surface area contributed by atoms with E-state index in [-0.39, 0.29) is 24.6 Å². The molecule has 1 aliphatic heterocycles. The highest BCUT2D eigenvalue weighted by molar-refractivity contribution is 5.81. The van der Waals surface area contributed by atoms with Crippen LogP contribution in [0, 0.1) is 17.8 Å². The third kappa shape index (κ3) is 2.97. The second kappa shape index (κ2) is 5.04. The van der Waals surface area contributed by atoms with Gasteiger partial charge >= 0.3 is 11.9 Å². The lowest BCUT2D eigenvalue weighted by atomic mass is 9.73. The number of hydrogen-bond acceptors (Lipinski definition) is 4. The first-order chi connectivity index (χ1) is 8.09. The highest BCUT2D eigenvalue weighted by Gasteiger charge is 2.41. The van der Waals surface area contributed by atoms with Crippen molar-refractivity contribution in [2.45, 2.75) is 32.3 Å². The van der Waals surface area contributed by atoms with Gasteiger partial charge in [-0.05, 0) is 18.8 Å². The van der Waals surface area contributed by atoms with Crippen LogP contribution in [-0.4, -0.2) is 36.4 Å². The molecule has 17 heavy (non-hydrogen) atoms. The van der Waals surface area contributed by atoms with Gasteiger partial charge in [0, 0.05) is 0 Å². The number of rotatable bonds is 4. The fourth-order valence-electron chi connectivity index (χ4n) is 2.54. The van der Waals surface area contributed by atoms with Gasteiger partial charge in [0.1, 0.15) is 12.7 Å². The molecule has 0 bridgehead atoms. The standard InChI is InChI=1S/C12H18O5/c1-7-3-2-4-9(10(7)11(13)14)12(15)17-6-8-5-16-8/h7-10H,2-6H2,1H3,(H,13,14).